The second kappa shape index (κ2) is 7.18. The lowest BCUT2D eigenvalue weighted by Crippen LogP contribution is -2.41. The fourth-order valence-corrected chi connectivity index (χ4v) is 3.85. The summed E-state index contributed by atoms with van der Waals surface area (Å²) in [5.74, 6) is 1.09. The maximum Gasteiger partial charge on any atom is 0.318 e. The molecule has 1 saturated carbocycles. The maximum atomic E-state index is 12.6. The first-order valence-electron chi connectivity index (χ1n) is 8.62. The summed E-state index contributed by atoms with van der Waals surface area (Å²) < 4.78 is 5.87. The summed E-state index contributed by atoms with van der Waals surface area (Å²) in [4.78, 5) is 20.2. The van der Waals surface area contributed by atoms with Crippen molar-refractivity contribution in [2.75, 3.05) is 19.7 Å². The zero-order valence-corrected chi connectivity index (χ0v) is 15.1. The predicted molar refractivity (Wildman–Crippen MR) is 91.6 cm³/mol. The molecule has 128 valence electrons. The number of hydrogen-bond acceptors (Lipinski definition) is 4. The van der Waals surface area contributed by atoms with Crippen LogP contribution in [-0.2, 0) is 4.74 Å². The first-order chi connectivity index (χ1) is 11.0. The molecule has 2 fully saturated rings. The van der Waals surface area contributed by atoms with Gasteiger partial charge in [-0.2, -0.15) is 0 Å². The molecule has 3 rings (SSSR count). The molecule has 23 heavy (non-hydrogen) atoms. The summed E-state index contributed by atoms with van der Waals surface area (Å²) in [7, 11) is 0. The number of nitrogens with zero attached hydrogens (tertiary/aromatic N) is 2. The number of likely N-dealkylation sites (tertiary alicyclic amines) is 1. The molecular weight excluding hydrogens is 310 g/mol. The third-order valence-corrected chi connectivity index (χ3v) is 5.37. The van der Waals surface area contributed by atoms with Crippen molar-refractivity contribution < 1.29 is 9.53 Å². The zero-order valence-electron chi connectivity index (χ0n) is 14.2. The Balaban J connectivity index is 1.54. The number of amides is 2. The number of nitrogens with one attached hydrogen (secondary N) is 1. The number of rotatable bonds is 6. The molecule has 1 aliphatic heterocycles. The van der Waals surface area contributed by atoms with E-state index in [0.29, 0.717) is 18.4 Å². The third kappa shape index (κ3) is 4.44. The topological polar surface area (TPSA) is 54.5 Å². The maximum absolute atomic E-state index is 12.6. The predicted octanol–water partition coefficient (Wildman–Crippen LogP) is 3.36. The lowest BCUT2D eigenvalue weighted by atomic mass is 10.2. The van der Waals surface area contributed by atoms with E-state index in [1.165, 1.54) is 17.7 Å². The van der Waals surface area contributed by atoms with E-state index in [1.54, 1.807) is 11.3 Å². The van der Waals surface area contributed by atoms with Crippen molar-refractivity contribution in [3.63, 3.8) is 0 Å². The largest absolute Gasteiger partial charge is 0.376 e. The molecule has 2 atom stereocenters. The van der Waals surface area contributed by atoms with Crippen LogP contribution in [0.3, 0.4) is 0 Å². The van der Waals surface area contributed by atoms with Gasteiger partial charge in [0.05, 0.1) is 12.1 Å². The average Bonchev–Trinajstić information content (AvgIpc) is 3.07. The molecule has 0 aromatic carbocycles. The van der Waals surface area contributed by atoms with Gasteiger partial charge < -0.3 is 15.0 Å². The van der Waals surface area contributed by atoms with Crippen LogP contribution in [0.15, 0.2) is 6.20 Å². The molecule has 1 N–H and O–H groups in total. The minimum Gasteiger partial charge on any atom is -0.376 e. The van der Waals surface area contributed by atoms with Gasteiger partial charge in [0.1, 0.15) is 5.01 Å². The van der Waals surface area contributed by atoms with E-state index in [1.807, 2.05) is 11.1 Å². The van der Waals surface area contributed by atoms with Crippen LogP contribution in [0.4, 0.5) is 4.79 Å². The number of ether oxygens (including phenoxy) is 1. The molecular formula is C17H27N3O2S. The lowest BCUT2D eigenvalue weighted by molar-refractivity contribution is 0.0435. The minimum atomic E-state index is 0.0328. The molecule has 0 radical (unpaired) electrons. The quantitative estimate of drug-likeness (QED) is 0.866. The number of carbonyl (C=O) groups is 1. The zero-order chi connectivity index (χ0) is 16.4. The Kier molecular flexibility index (Phi) is 5.21. The van der Waals surface area contributed by atoms with Crippen LogP contribution < -0.4 is 5.32 Å². The van der Waals surface area contributed by atoms with E-state index in [-0.39, 0.29) is 18.2 Å². The fourth-order valence-electron chi connectivity index (χ4n) is 2.93. The second-order valence-corrected chi connectivity index (χ2v) is 8.42. The summed E-state index contributed by atoms with van der Waals surface area (Å²) in [6.45, 7) is 8.61. The lowest BCUT2D eigenvalue weighted by Gasteiger charge is -2.22. The highest BCUT2D eigenvalue weighted by molar-refractivity contribution is 7.11. The normalized spacial score (nSPS) is 22.6. The van der Waals surface area contributed by atoms with Crippen molar-refractivity contribution >= 4 is 17.4 Å². The van der Waals surface area contributed by atoms with E-state index in [4.69, 9.17) is 4.74 Å². The third-order valence-electron chi connectivity index (χ3n) is 4.38. The Labute approximate surface area is 142 Å². The molecule has 0 bridgehead atoms. The van der Waals surface area contributed by atoms with Crippen molar-refractivity contribution in [3.8, 4) is 0 Å². The smallest absolute Gasteiger partial charge is 0.318 e. The molecule has 0 unspecified atom stereocenters. The van der Waals surface area contributed by atoms with Gasteiger partial charge in [-0.1, -0.05) is 13.8 Å². The average molecular weight is 337 g/mol. The highest BCUT2D eigenvalue weighted by Gasteiger charge is 2.37. The van der Waals surface area contributed by atoms with Crippen LogP contribution in [0.25, 0.3) is 0 Å². The number of hydrogen-bond donors (Lipinski definition) is 1. The summed E-state index contributed by atoms with van der Waals surface area (Å²) in [6, 6.07) is 0.113. The van der Waals surface area contributed by atoms with E-state index >= 15 is 0 Å². The van der Waals surface area contributed by atoms with E-state index < -0.39 is 0 Å². The second-order valence-electron chi connectivity index (χ2n) is 7.16. The van der Waals surface area contributed by atoms with Crippen LogP contribution >= 0.6 is 11.3 Å². The van der Waals surface area contributed by atoms with E-state index in [0.717, 1.165) is 24.6 Å². The molecule has 1 aromatic heterocycles. The molecule has 2 heterocycles. The molecule has 0 spiro atoms. The summed E-state index contributed by atoms with van der Waals surface area (Å²) in [6.07, 6.45) is 5.38. The number of urea groups is 1. The van der Waals surface area contributed by atoms with Gasteiger partial charge in [-0.15, -0.1) is 11.3 Å². The highest BCUT2D eigenvalue weighted by atomic mass is 32.1. The monoisotopic (exact) mass is 337 g/mol. The Morgan fingerprint density at radius 2 is 2.26 bits per heavy atom. The number of aromatic nitrogens is 1. The van der Waals surface area contributed by atoms with Crippen LogP contribution in [0, 0.1) is 18.8 Å². The molecule has 6 heteroatoms. The number of aryl methyl sites for hydroxylation is 1. The van der Waals surface area contributed by atoms with Gasteiger partial charge in [0.25, 0.3) is 0 Å². The molecule has 2 aliphatic rings. The standard InChI is InChI=1S/C17H27N3O2S/c1-11(2)10-22-14-6-7-20(9-14)17(21)19-15(13-4-5-13)16-18-8-12(3)23-16/h8,11,13-15H,4-7,9-10H2,1-3H3,(H,19,21)/t14-,15+/m0/s1. The number of carbonyl (C=O) groups excluding carboxylic acids is 1. The highest BCUT2D eigenvalue weighted by Crippen LogP contribution is 2.42. The molecule has 2 amide bonds. The van der Waals surface area contributed by atoms with Crippen molar-refractivity contribution in [2.24, 2.45) is 11.8 Å². The molecule has 1 aromatic rings. The van der Waals surface area contributed by atoms with Crippen molar-refractivity contribution in [2.45, 2.75) is 52.2 Å². The van der Waals surface area contributed by atoms with Crippen LogP contribution in [0.5, 0.6) is 0 Å². The minimum absolute atomic E-state index is 0.0328. The Bertz CT molecular complexity index is 542. The summed E-state index contributed by atoms with van der Waals surface area (Å²) in [5, 5.41) is 4.26. The van der Waals surface area contributed by atoms with Crippen molar-refractivity contribution in [1.82, 2.24) is 15.2 Å². The summed E-state index contributed by atoms with van der Waals surface area (Å²) in [5.41, 5.74) is 0. The first-order valence-corrected chi connectivity index (χ1v) is 9.44. The van der Waals surface area contributed by atoms with Gasteiger partial charge in [0, 0.05) is 30.8 Å². The Morgan fingerprint density at radius 3 is 2.87 bits per heavy atom. The van der Waals surface area contributed by atoms with Crippen molar-refractivity contribution in [1.29, 1.82) is 0 Å². The SMILES string of the molecule is Cc1cnc([C@H](NC(=O)N2CC[C@H](OCC(C)C)C2)C2CC2)s1. The molecule has 1 saturated heterocycles. The van der Waals surface area contributed by atoms with Gasteiger partial charge in [-0.3, -0.25) is 0 Å². The Morgan fingerprint density at radius 1 is 1.48 bits per heavy atom. The molecule has 1 aliphatic carbocycles. The van der Waals surface area contributed by atoms with Gasteiger partial charge in [-0.25, -0.2) is 9.78 Å². The van der Waals surface area contributed by atoms with Gasteiger partial charge in [0.2, 0.25) is 0 Å². The van der Waals surface area contributed by atoms with E-state index in [2.05, 4.69) is 31.1 Å². The Hall–Kier alpha value is -1.14. The van der Waals surface area contributed by atoms with Gasteiger partial charge >= 0.3 is 6.03 Å². The number of thiazole rings is 1. The molecule has 5 nitrogen and oxygen atoms in total. The van der Waals surface area contributed by atoms with Crippen LogP contribution in [0.2, 0.25) is 0 Å². The van der Waals surface area contributed by atoms with Crippen LogP contribution in [0.1, 0.15) is 49.0 Å². The summed E-state index contributed by atoms with van der Waals surface area (Å²) >= 11 is 1.69. The van der Waals surface area contributed by atoms with Crippen molar-refractivity contribution in [3.05, 3.63) is 16.1 Å². The van der Waals surface area contributed by atoms with Gasteiger partial charge in [-0.05, 0) is 38.0 Å². The van der Waals surface area contributed by atoms with E-state index in [9.17, 15) is 4.79 Å². The van der Waals surface area contributed by atoms with Gasteiger partial charge in [0.15, 0.2) is 0 Å². The first kappa shape index (κ1) is 16.7. The fraction of sp³-hybridized carbons (Fsp3) is 0.765. The van der Waals surface area contributed by atoms with Crippen LogP contribution in [-0.4, -0.2) is 41.7 Å².